The second kappa shape index (κ2) is 4.93. The Kier molecular flexibility index (Phi) is 3.56. The highest BCUT2D eigenvalue weighted by molar-refractivity contribution is 9.10. The molecule has 0 radical (unpaired) electrons. The summed E-state index contributed by atoms with van der Waals surface area (Å²) in [5, 5.41) is 2.06. The molecule has 0 N–H and O–H groups in total. The largest absolute Gasteiger partial charge is 0.300 e. The fourth-order valence-electron chi connectivity index (χ4n) is 1.56. The number of halogens is 1. The smallest absolute Gasteiger partial charge is 0.134 e. The van der Waals surface area contributed by atoms with Crippen LogP contribution in [0.4, 0.5) is 0 Å². The van der Waals surface area contributed by atoms with Gasteiger partial charge < -0.3 is 0 Å². The Hall–Kier alpha value is -0.930. The summed E-state index contributed by atoms with van der Waals surface area (Å²) in [5.74, 6) is 0.199. The van der Waals surface area contributed by atoms with Crippen molar-refractivity contribution in [2.75, 3.05) is 0 Å². The summed E-state index contributed by atoms with van der Waals surface area (Å²) in [7, 11) is 0. The van der Waals surface area contributed by atoms with Gasteiger partial charge in [0.25, 0.3) is 0 Å². The van der Waals surface area contributed by atoms with E-state index in [1.807, 2.05) is 18.2 Å². The summed E-state index contributed by atoms with van der Waals surface area (Å²) in [5.41, 5.74) is 2.26. The lowest BCUT2D eigenvalue weighted by Crippen LogP contribution is -1.95. The number of thiophene rings is 1. The van der Waals surface area contributed by atoms with Crippen LogP contribution in [0.3, 0.4) is 0 Å². The van der Waals surface area contributed by atoms with Crippen LogP contribution in [0.5, 0.6) is 0 Å². The number of hydrogen-bond donors (Lipinski definition) is 0. The minimum atomic E-state index is 0.199. The highest BCUT2D eigenvalue weighted by Crippen LogP contribution is 2.33. The van der Waals surface area contributed by atoms with E-state index in [2.05, 4.69) is 33.4 Å². The van der Waals surface area contributed by atoms with Crippen molar-refractivity contribution in [1.29, 1.82) is 0 Å². The van der Waals surface area contributed by atoms with Gasteiger partial charge in [-0.3, -0.25) is 4.79 Å². The molecule has 0 unspecified atom stereocenters. The fourth-order valence-corrected chi connectivity index (χ4v) is 3.17. The zero-order valence-corrected chi connectivity index (χ0v) is 11.3. The fraction of sp³-hybridized carbons (Fsp3) is 0.154. The third-order valence-electron chi connectivity index (χ3n) is 2.29. The first kappa shape index (κ1) is 11.6. The van der Waals surface area contributed by atoms with Gasteiger partial charge in [0.05, 0.1) is 0 Å². The van der Waals surface area contributed by atoms with E-state index >= 15 is 0 Å². The van der Waals surface area contributed by atoms with E-state index in [1.54, 1.807) is 18.3 Å². The molecule has 0 saturated carbocycles. The molecule has 1 heterocycles. The number of carbonyl (C=O) groups excluding carboxylic acids is 1. The van der Waals surface area contributed by atoms with Gasteiger partial charge in [0, 0.05) is 15.8 Å². The number of ketones is 1. The van der Waals surface area contributed by atoms with Gasteiger partial charge in [-0.15, -0.1) is 11.3 Å². The van der Waals surface area contributed by atoms with Crippen LogP contribution in [-0.2, 0) is 11.2 Å². The Morgan fingerprint density at radius 2 is 1.94 bits per heavy atom. The maximum Gasteiger partial charge on any atom is 0.134 e. The molecule has 0 spiro atoms. The molecule has 3 heteroatoms. The van der Waals surface area contributed by atoms with Crippen molar-refractivity contribution in [3.05, 3.63) is 45.7 Å². The monoisotopic (exact) mass is 294 g/mol. The van der Waals surface area contributed by atoms with Crippen molar-refractivity contribution in [1.82, 2.24) is 0 Å². The molecule has 0 bridgehead atoms. The Bertz CT molecular complexity index is 499. The van der Waals surface area contributed by atoms with Crippen LogP contribution >= 0.6 is 27.3 Å². The maximum atomic E-state index is 11.0. The summed E-state index contributed by atoms with van der Waals surface area (Å²) >= 11 is 5.23. The molecule has 2 aromatic rings. The topological polar surface area (TPSA) is 17.1 Å². The van der Waals surface area contributed by atoms with Crippen molar-refractivity contribution < 1.29 is 4.79 Å². The summed E-state index contributed by atoms with van der Waals surface area (Å²) in [4.78, 5) is 12.2. The number of benzene rings is 1. The lowest BCUT2D eigenvalue weighted by atomic mass is 10.1. The van der Waals surface area contributed by atoms with E-state index in [0.717, 1.165) is 10.0 Å². The molecule has 0 fully saturated rings. The quantitative estimate of drug-likeness (QED) is 0.824. The van der Waals surface area contributed by atoms with Gasteiger partial charge >= 0.3 is 0 Å². The van der Waals surface area contributed by atoms with E-state index in [0.29, 0.717) is 6.42 Å². The van der Waals surface area contributed by atoms with Crippen LogP contribution in [0.1, 0.15) is 12.5 Å². The Labute approximate surface area is 107 Å². The van der Waals surface area contributed by atoms with Gasteiger partial charge in [-0.25, -0.2) is 0 Å². The van der Waals surface area contributed by atoms with Gasteiger partial charge in [-0.1, -0.05) is 24.3 Å². The van der Waals surface area contributed by atoms with Gasteiger partial charge in [0.15, 0.2) is 0 Å². The number of carbonyl (C=O) groups is 1. The van der Waals surface area contributed by atoms with Crippen molar-refractivity contribution in [2.45, 2.75) is 13.3 Å². The van der Waals surface area contributed by atoms with E-state index in [9.17, 15) is 4.79 Å². The normalized spacial score (nSPS) is 10.4. The first-order chi connectivity index (χ1) is 7.66. The molecule has 16 heavy (non-hydrogen) atoms. The Morgan fingerprint density at radius 3 is 2.44 bits per heavy atom. The van der Waals surface area contributed by atoms with E-state index in [4.69, 9.17) is 0 Å². The molecule has 1 aromatic heterocycles. The van der Waals surface area contributed by atoms with Crippen LogP contribution in [0, 0.1) is 0 Å². The predicted molar refractivity (Wildman–Crippen MR) is 71.8 cm³/mol. The van der Waals surface area contributed by atoms with Crippen LogP contribution in [-0.4, -0.2) is 5.78 Å². The van der Waals surface area contributed by atoms with E-state index in [-0.39, 0.29) is 5.78 Å². The van der Waals surface area contributed by atoms with Gasteiger partial charge in [0.2, 0.25) is 0 Å². The highest BCUT2D eigenvalue weighted by atomic mass is 79.9. The van der Waals surface area contributed by atoms with Gasteiger partial charge in [-0.2, -0.15) is 0 Å². The Balaban J connectivity index is 2.26. The lowest BCUT2D eigenvalue weighted by Gasteiger charge is -2.01. The summed E-state index contributed by atoms with van der Waals surface area (Å²) in [6, 6.07) is 10.2. The van der Waals surface area contributed by atoms with Crippen LogP contribution in [0.15, 0.2) is 40.2 Å². The van der Waals surface area contributed by atoms with Crippen LogP contribution < -0.4 is 0 Å². The first-order valence-electron chi connectivity index (χ1n) is 4.98. The zero-order valence-electron chi connectivity index (χ0n) is 8.87. The van der Waals surface area contributed by atoms with E-state index < -0.39 is 0 Å². The number of hydrogen-bond acceptors (Lipinski definition) is 2. The zero-order chi connectivity index (χ0) is 11.5. The number of rotatable bonds is 3. The average Bonchev–Trinajstić information content (AvgIpc) is 2.65. The summed E-state index contributed by atoms with van der Waals surface area (Å²) in [6.45, 7) is 1.61. The van der Waals surface area contributed by atoms with Crippen molar-refractivity contribution in [3.63, 3.8) is 0 Å². The number of Topliss-reactive ketones (excluding diaryl/α,β-unsaturated/α-hetero) is 1. The average molecular weight is 295 g/mol. The summed E-state index contributed by atoms with van der Waals surface area (Å²) < 4.78 is 1.12. The molecule has 1 nitrogen and oxygen atoms in total. The van der Waals surface area contributed by atoms with E-state index in [1.165, 1.54) is 10.4 Å². The maximum absolute atomic E-state index is 11.0. The molecule has 2 rings (SSSR count). The van der Waals surface area contributed by atoms with Crippen LogP contribution in [0.25, 0.3) is 10.4 Å². The molecular formula is C13H11BrOS. The minimum absolute atomic E-state index is 0.199. The first-order valence-corrected chi connectivity index (χ1v) is 6.66. The van der Waals surface area contributed by atoms with Crippen molar-refractivity contribution in [3.8, 4) is 10.4 Å². The standard InChI is InChI=1S/C13H11BrOS/c1-9(15)8-10-2-4-11(5-3-10)13-12(14)6-7-16-13/h2-7H,8H2,1H3. The molecule has 0 aliphatic carbocycles. The SMILES string of the molecule is CC(=O)Cc1ccc(-c2sccc2Br)cc1. The molecule has 82 valence electrons. The Morgan fingerprint density at radius 1 is 1.25 bits per heavy atom. The van der Waals surface area contributed by atoms with Gasteiger partial charge in [0.1, 0.15) is 5.78 Å². The summed E-state index contributed by atoms with van der Waals surface area (Å²) in [6.07, 6.45) is 0.520. The third-order valence-corrected chi connectivity index (χ3v) is 4.17. The second-order valence-electron chi connectivity index (χ2n) is 3.67. The lowest BCUT2D eigenvalue weighted by molar-refractivity contribution is -0.116. The molecule has 0 saturated heterocycles. The predicted octanol–water partition coefficient (Wildman–Crippen LogP) is 4.31. The van der Waals surface area contributed by atoms with Crippen molar-refractivity contribution >= 4 is 33.0 Å². The molecule has 0 aliphatic rings. The highest BCUT2D eigenvalue weighted by Gasteiger charge is 2.04. The third kappa shape index (κ3) is 2.60. The molecule has 0 aliphatic heterocycles. The second-order valence-corrected chi connectivity index (χ2v) is 5.44. The van der Waals surface area contributed by atoms with Gasteiger partial charge in [-0.05, 0) is 45.4 Å². The van der Waals surface area contributed by atoms with Crippen LogP contribution in [0.2, 0.25) is 0 Å². The molecule has 0 amide bonds. The van der Waals surface area contributed by atoms with Crippen molar-refractivity contribution in [2.24, 2.45) is 0 Å². The minimum Gasteiger partial charge on any atom is -0.300 e. The molecule has 0 atom stereocenters. The molecular weight excluding hydrogens is 284 g/mol. The molecule has 1 aromatic carbocycles.